The Labute approximate surface area is 108 Å². The fraction of sp³-hybridized carbons (Fsp3) is 0. The number of carbonyl (C=O) groups is 1. The van der Waals surface area contributed by atoms with E-state index < -0.39 is 11.7 Å². The first-order valence-electron chi connectivity index (χ1n) is 5.01. The molecular formula is C15H18O3. The van der Waals surface area contributed by atoms with E-state index >= 15 is 0 Å². The van der Waals surface area contributed by atoms with Crippen molar-refractivity contribution in [3.8, 4) is 0 Å². The lowest BCUT2D eigenvalue weighted by molar-refractivity contribution is -0.135. The quantitative estimate of drug-likeness (QED) is 0.484. The van der Waals surface area contributed by atoms with Crippen LogP contribution in [0.4, 0.5) is 0 Å². The zero-order valence-corrected chi connectivity index (χ0v) is 10.2. The van der Waals surface area contributed by atoms with Gasteiger partial charge in [-0.15, -0.1) is 0 Å². The van der Waals surface area contributed by atoms with Gasteiger partial charge in [0.25, 0.3) is 0 Å². The summed E-state index contributed by atoms with van der Waals surface area (Å²) < 4.78 is 0. The topological polar surface area (TPSA) is 57.5 Å². The molecule has 0 aliphatic carbocycles. The van der Waals surface area contributed by atoms with E-state index in [1.54, 1.807) is 12.2 Å². The highest BCUT2D eigenvalue weighted by Gasteiger charge is 1.94. The second-order valence-corrected chi connectivity index (χ2v) is 2.84. The monoisotopic (exact) mass is 246 g/mol. The molecule has 2 N–H and O–H groups in total. The minimum atomic E-state index is -1.38. The normalized spacial score (nSPS) is 7.33. The molecule has 0 saturated carbocycles. The highest BCUT2D eigenvalue weighted by molar-refractivity contribution is 5.82. The molecule has 0 amide bonds. The van der Waals surface area contributed by atoms with Gasteiger partial charge in [-0.3, -0.25) is 0 Å². The van der Waals surface area contributed by atoms with Gasteiger partial charge >= 0.3 is 5.97 Å². The van der Waals surface area contributed by atoms with E-state index in [1.807, 2.05) is 36.4 Å². The molecule has 0 saturated heterocycles. The molecule has 0 aromatic heterocycles. The standard InChI is InChI=1S/C8H8.C4H6.C3H4O3/c1-2-8-6-4-3-5-7-8;1-3-4-2;1-2(4)3(5)6/h2-7H,1H2;3-4H,1-2H2;4H,1H2,(H,5,6). The Hall–Kier alpha value is -2.55. The lowest BCUT2D eigenvalue weighted by atomic mass is 10.2. The average Bonchev–Trinajstić information content (AvgIpc) is 2.40. The molecule has 1 aromatic rings. The van der Waals surface area contributed by atoms with Crippen molar-refractivity contribution in [2.75, 3.05) is 0 Å². The van der Waals surface area contributed by atoms with Crippen LogP contribution in [0.3, 0.4) is 0 Å². The largest absolute Gasteiger partial charge is 0.502 e. The number of carboxylic acid groups (broad SMARTS) is 1. The van der Waals surface area contributed by atoms with Crippen molar-refractivity contribution in [1.82, 2.24) is 0 Å². The second kappa shape index (κ2) is 12.5. The first-order valence-corrected chi connectivity index (χ1v) is 5.01. The number of hydrogen-bond donors (Lipinski definition) is 2. The fourth-order valence-corrected chi connectivity index (χ4v) is 0.589. The molecule has 18 heavy (non-hydrogen) atoms. The smallest absolute Gasteiger partial charge is 0.370 e. The first-order chi connectivity index (χ1) is 8.49. The number of benzene rings is 1. The van der Waals surface area contributed by atoms with Gasteiger partial charge in [0.15, 0.2) is 5.76 Å². The molecule has 0 aliphatic rings. The van der Waals surface area contributed by atoms with Crippen LogP contribution in [0.5, 0.6) is 0 Å². The van der Waals surface area contributed by atoms with Gasteiger partial charge in [-0.1, -0.05) is 68.3 Å². The molecule has 1 rings (SSSR count). The number of carboxylic acids is 1. The maximum Gasteiger partial charge on any atom is 0.370 e. The van der Waals surface area contributed by atoms with E-state index in [0.29, 0.717) is 0 Å². The predicted molar refractivity (Wildman–Crippen MR) is 76.3 cm³/mol. The Morgan fingerprint density at radius 1 is 1.00 bits per heavy atom. The summed E-state index contributed by atoms with van der Waals surface area (Å²) in [4.78, 5) is 9.35. The van der Waals surface area contributed by atoms with Gasteiger partial charge < -0.3 is 10.2 Å². The third-order valence-electron chi connectivity index (χ3n) is 1.45. The van der Waals surface area contributed by atoms with Gasteiger partial charge in [-0.05, 0) is 12.1 Å². The summed E-state index contributed by atoms with van der Waals surface area (Å²) >= 11 is 0. The molecule has 3 nitrogen and oxygen atoms in total. The zero-order chi connectivity index (χ0) is 14.4. The van der Waals surface area contributed by atoms with Gasteiger partial charge in [-0.25, -0.2) is 4.79 Å². The van der Waals surface area contributed by atoms with Crippen LogP contribution in [0.25, 0.3) is 6.08 Å². The Morgan fingerprint density at radius 2 is 1.39 bits per heavy atom. The summed E-state index contributed by atoms with van der Waals surface area (Å²) in [5, 5.41) is 15.5. The predicted octanol–water partition coefficient (Wildman–Crippen LogP) is 3.83. The molecule has 0 fully saturated rings. The van der Waals surface area contributed by atoms with Crippen LogP contribution < -0.4 is 0 Å². The fourth-order valence-electron chi connectivity index (χ4n) is 0.589. The van der Waals surface area contributed by atoms with E-state index in [1.165, 1.54) is 5.56 Å². The van der Waals surface area contributed by atoms with Gasteiger partial charge in [0.05, 0.1) is 0 Å². The van der Waals surface area contributed by atoms with Crippen LogP contribution in [0.1, 0.15) is 5.56 Å². The van der Waals surface area contributed by atoms with Crippen LogP contribution in [-0.4, -0.2) is 16.2 Å². The maximum atomic E-state index is 9.35. The van der Waals surface area contributed by atoms with Crippen LogP contribution in [0.2, 0.25) is 0 Å². The molecule has 0 atom stereocenters. The third-order valence-corrected chi connectivity index (χ3v) is 1.45. The Bertz CT molecular complexity index is 373. The lowest BCUT2D eigenvalue weighted by Gasteiger charge is -1.85. The van der Waals surface area contributed by atoms with Crippen molar-refractivity contribution in [3.63, 3.8) is 0 Å². The number of aliphatic carboxylic acids is 1. The van der Waals surface area contributed by atoms with Crippen LogP contribution in [-0.2, 0) is 4.79 Å². The number of aliphatic hydroxyl groups excluding tert-OH is 1. The van der Waals surface area contributed by atoms with Crippen molar-refractivity contribution in [3.05, 3.63) is 80.1 Å². The highest BCUT2D eigenvalue weighted by atomic mass is 16.4. The van der Waals surface area contributed by atoms with E-state index in [4.69, 9.17) is 10.2 Å². The van der Waals surface area contributed by atoms with E-state index in [9.17, 15) is 4.79 Å². The van der Waals surface area contributed by atoms with Gasteiger partial charge in [0.1, 0.15) is 0 Å². The molecule has 1 aromatic carbocycles. The zero-order valence-electron chi connectivity index (χ0n) is 10.2. The van der Waals surface area contributed by atoms with E-state index in [0.717, 1.165) is 0 Å². The van der Waals surface area contributed by atoms with E-state index in [-0.39, 0.29) is 0 Å². The molecule has 0 radical (unpaired) electrons. The Kier molecular flexibility index (Phi) is 12.4. The SMILES string of the molecule is C=C(O)C(=O)O.C=CC=C.C=Cc1ccccc1. The van der Waals surface area contributed by atoms with Crippen LogP contribution in [0, 0.1) is 0 Å². The average molecular weight is 246 g/mol. The minimum absolute atomic E-state index is 0.824. The summed E-state index contributed by atoms with van der Waals surface area (Å²) in [6, 6.07) is 10.0. The van der Waals surface area contributed by atoms with Crippen LogP contribution in [0.15, 0.2) is 74.6 Å². The van der Waals surface area contributed by atoms with Crippen molar-refractivity contribution < 1.29 is 15.0 Å². The molecule has 0 aliphatic heterocycles. The van der Waals surface area contributed by atoms with Gasteiger partial charge in [0.2, 0.25) is 0 Å². The summed E-state index contributed by atoms with van der Waals surface area (Å²) in [5.41, 5.74) is 1.17. The van der Waals surface area contributed by atoms with Gasteiger partial charge in [-0.2, -0.15) is 0 Å². The van der Waals surface area contributed by atoms with Crippen LogP contribution >= 0.6 is 0 Å². The van der Waals surface area contributed by atoms with Crippen molar-refractivity contribution in [2.24, 2.45) is 0 Å². The molecule has 0 unspecified atom stereocenters. The summed E-state index contributed by atoms with van der Waals surface area (Å²) in [6.45, 7) is 13.1. The van der Waals surface area contributed by atoms with E-state index in [2.05, 4.69) is 26.3 Å². The van der Waals surface area contributed by atoms with Crippen molar-refractivity contribution in [2.45, 2.75) is 0 Å². The number of hydrogen-bond acceptors (Lipinski definition) is 2. The second-order valence-electron chi connectivity index (χ2n) is 2.84. The first kappa shape index (κ1) is 17.8. The number of allylic oxidation sites excluding steroid dienone is 2. The minimum Gasteiger partial charge on any atom is -0.502 e. The highest BCUT2D eigenvalue weighted by Crippen LogP contribution is 1.97. The maximum absolute atomic E-state index is 9.35. The molecule has 96 valence electrons. The summed E-state index contributed by atoms with van der Waals surface area (Å²) in [6.07, 6.45) is 5.11. The van der Waals surface area contributed by atoms with Crippen molar-refractivity contribution >= 4 is 12.0 Å². The molecule has 3 heteroatoms. The Balaban J connectivity index is 0. The summed E-state index contributed by atoms with van der Waals surface area (Å²) in [7, 11) is 0. The molecule has 0 spiro atoms. The van der Waals surface area contributed by atoms with Crippen molar-refractivity contribution in [1.29, 1.82) is 0 Å². The molecular weight excluding hydrogens is 228 g/mol. The van der Waals surface area contributed by atoms with Gasteiger partial charge in [0, 0.05) is 0 Å². The third kappa shape index (κ3) is 13.5. The molecule has 0 heterocycles. The Morgan fingerprint density at radius 3 is 1.56 bits per heavy atom. The number of aliphatic hydroxyl groups is 1. The summed E-state index contributed by atoms with van der Waals surface area (Å²) in [5.74, 6) is -2.20. The molecule has 0 bridgehead atoms. The number of rotatable bonds is 3. The lowest BCUT2D eigenvalue weighted by Crippen LogP contribution is -1.95.